The predicted octanol–water partition coefficient (Wildman–Crippen LogP) is 5.68. The Labute approximate surface area is 140 Å². The Bertz CT molecular complexity index is 655. The Hall–Kier alpha value is -1.57. The van der Waals surface area contributed by atoms with Crippen molar-refractivity contribution < 1.29 is 14.2 Å². The minimum absolute atomic E-state index is 0.261. The van der Waals surface area contributed by atoms with Crippen LogP contribution in [0.5, 0.6) is 11.5 Å². The number of hydrogen-bond acceptors (Lipinski definition) is 3. The van der Waals surface area contributed by atoms with E-state index in [0.29, 0.717) is 12.4 Å². The van der Waals surface area contributed by atoms with Crippen LogP contribution in [0.2, 0.25) is 0 Å². The van der Waals surface area contributed by atoms with Crippen LogP contribution in [-0.4, -0.2) is 18.4 Å². The Morgan fingerprint density at radius 2 is 1.91 bits per heavy atom. The number of phenolic OH excluding ortho intramolecular Hbond substituents is 1. The van der Waals surface area contributed by atoms with Gasteiger partial charge in [-0.15, -0.1) is 0 Å². The largest absolute Gasteiger partial charge is 0.507 e. The van der Waals surface area contributed by atoms with E-state index < -0.39 is 8.38 Å². The number of benzene rings is 2. The van der Waals surface area contributed by atoms with Gasteiger partial charge in [-0.25, -0.2) is 0 Å². The van der Waals surface area contributed by atoms with E-state index in [1.165, 1.54) is 0 Å². The van der Waals surface area contributed by atoms with E-state index in [1.54, 1.807) is 0 Å². The molecule has 1 atom stereocenters. The Morgan fingerprint density at radius 1 is 1.13 bits per heavy atom. The Balaban J connectivity index is 2.49. The number of phenols is 1. The molecule has 1 unspecified atom stereocenters. The second-order valence-electron chi connectivity index (χ2n) is 5.56. The lowest BCUT2D eigenvalue weighted by Crippen LogP contribution is -1.96. The van der Waals surface area contributed by atoms with Gasteiger partial charge in [0.25, 0.3) is 0 Å². The van der Waals surface area contributed by atoms with Gasteiger partial charge in [-0.05, 0) is 43.5 Å². The summed E-state index contributed by atoms with van der Waals surface area (Å²) in [5, 5.41) is 10.6. The zero-order valence-electron chi connectivity index (χ0n) is 14.3. The van der Waals surface area contributed by atoms with Crippen molar-refractivity contribution in [1.82, 2.24) is 0 Å². The molecule has 0 saturated carbocycles. The van der Waals surface area contributed by atoms with Crippen LogP contribution in [0.4, 0.5) is 0 Å². The lowest BCUT2D eigenvalue weighted by Gasteiger charge is -2.18. The van der Waals surface area contributed by atoms with E-state index in [4.69, 9.17) is 9.05 Å². The maximum absolute atomic E-state index is 10.6. The molecule has 0 fully saturated rings. The summed E-state index contributed by atoms with van der Waals surface area (Å²) in [6.07, 6.45) is 1.93. The second-order valence-corrected chi connectivity index (χ2v) is 6.88. The minimum atomic E-state index is -1.02. The molecule has 0 aliphatic rings. The molecule has 3 nitrogen and oxygen atoms in total. The van der Waals surface area contributed by atoms with Crippen molar-refractivity contribution in [3.05, 3.63) is 47.5 Å². The summed E-state index contributed by atoms with van der Waals surface area (Å²) >= 11 is 0. The summed E-state index contributed by atoms with van der Waals surface area (Å²) in [4.78, 5) is 0. The van der Waals surface area contributed by atoms with Gasteiger partial charge < -0.3 is 14.2 Å². The molecule has 0 aliphatic heterocycles. The summed E-state index contributed by atoms with van der Waals surface area (Å²) < 4.78 is 11.6. The fraction of sp³-hybridized carbons (Fsp3) is 0.368. The van der Waals surface area contributed by atoms with Crippen molar-refractivity contribution in [2.45, 2.75) is 33.6 Å². The first kappa shape index (κ1) is 17.8. The molecule has 0 aromatic heterocycles. The van der Waals surface area contributed by atoms with Gasteiger partial charge in [0.15, 0.2) is 0 Å². The third-order valence-corrected chi connectivity index (χ3v) is 4.60. The van der Waals surface area contributed by atoms with Gasteiger partial charge in [-0.1, -0.05) is 43.2 Å². The first-order valence-electron chi connectivity index (χ1n) is 8.02. The lowest BCUT2D eigenvalue weighted by molar-refractivity contribution is 0.338. The number of rotatable bonds is 7. The highest BCUT2D eigenvalue weighted by Crippen LogP contribution is 2.45. The molecule has 2 aromatic rings. The molecule has 0 heterocycles. The highest BCUT2D eigenvalue weighted by molar-refractivity contribution is 7.46. The van der Waals surface area contributed by atoms with Crippen LogP contribution in [0.1, 0.15) is 31.4 Å². The lowest BCUT2D eigenvalue weighted by atomic mass is 9.98. The molecule has 1 N–H and O–H groups in total. The third-order valence-electron chi connectivity index (χ3n) is 3.52. The van der Waals surface area contributed by atoms with E-state index in [2.05, 4.69) is 13.0 Å². The van der Waals surface area contributed by atoms with Crippen LogP contribution in [0.3, 0.4) is 0 Å². The summed E-state index contributed by atoms with van der Waals surface area (Å²) in [6.45, 7) is 8.66. The summed E-state index contributed by atoms with van der Waals surface area (Å²) in [5.74, 6) is 0.956. The van der Waals surface area contributed by atoms with Crippen molar-refractivity contribution in [2.24, 2.45) is 0 Å². The highest BCUT2D eigenvalue weighted by atomic mass is 31.2. The van der Waals surface area contributed by atoms with Crippen molar-refractivity contribution in [1.29, 1.82) is 0 Å². The molecule has 0 saturated heterocycles. The zero-order chi connectivity index (χ0) is 16.8. The van der Waals surface area contributed by atoms with Crippen LogP contribution in [0, 0.1) is 6.92 Å². The quantitative estimate of drug-likeness (QED) is 0.663. The summed E-state index contributed by atoms with van der Waals surface area (Å²) in [5.41, 5.74) is 3.92. The molecule has 2 aromatic carbocycles. The maximum Gasteiger partial charge on any atom is 0.226 e. The van der Waals surface area contributed by atoms with Gasteiger partial charge in [0.2, 0.25) is 8.38 Å². The van der Waals surface area contributed by atoms with E-state index in [1.807, 2.05) is 50.8 Å². The van der Waals surface area contributed by atoms with Crippen molar-refractivity contribution in [2.75, 3.05) is 13.3 Å². The molecular weight excluding hydrogens is 307 g/mol. The van der Waals surface area contributed by atoms with Crippen LogP contribution < -0.4 is 4.52 Å². The Kier molecular flexibility index (Phi) is 6.44. The third kappa shape index (κ3) is 4.70. The van der Waals surface area contributed by atoms with Crippen molar-refractivity contribution in [3.63, 3.8) is 0 Å². The van der Waals surface area contributed by atoms with Gasteiger partial charge in [0.05, 0.1) is 12.2 Å². The van der Waals surface area contributed by atoms with E-state index in [9.17, 15) is 5.11 Å². The first-order valence-corrected chi connectivity index (χ1v) is 9.65. The molecule has 2 rings (SSSR count). The van der Waals surface area contributed by atoms with Gasteiger partial charge >= 0.3 is 0 Å². The first-order chi connectivity index (χ1) is 11.0. The Morgan fingerprint density at radius 3 is 2.57 bits per heavy atom. The van der Waals surface area contributed by atoms with Crippen LogP contribution in [0.25, 0.3) is 11.1 Å². The monoisotopic (exact) mass is 332 g/mol. The van der Waals surface area contributed by atoms with Crippen LogP contribution in [0.15, 0.2) is 36.4 Å². The number of aromatic hydroxyl groups is 1. The smallest absolute Gasteiger partial charge is 0.226 e. The van der Waals surface area contributed by atoms with Gasteiger partial charge in [-0.2, -0.15) is 0 Å². The fourth-order valence-electron chi connectivity index (χ4n) is 2.60. The predicted molar refractivity (Wildman–Crippen MR) is 97.4 cm³/mol. The average Bonchev–Trinajstić information content (AvgIpc) is 2.47. The second kappa shape index (κ2) is 8.33. The normalized spacial score (nSPS) is 12.2. The van der Waals surface area contributed by atoms with Crippen LogP contribution in [-0.2, 0) is 10.9 Å². The molecule has 0 aliphatic carbocycles. The van der Waals surface area contributed by atoms with Crippen molar-refractivity contribution in [3.8, 4) is 22.6 Å². The SMILES string of the molecule is CCCc1cc(O)c(-c2cccc(C)c2)c(OP(C)OCC)c1. The molecule has 124 valence electrons. The van der Waals surface area contributed by atoms with Gasteiger partial charge in [-0.3, -0.25) is 0 Å². The van der Waals surface area contributed by atoms with Crippen molar-refractivity contribution >= 4 is 8.38 Å². The molecule has 0 spiro atoms. The van der Waals surface area contributed by atoms with Gasteiger partial charge in [0.1, 0.15) is 11.5 Å². The average molecular weight is 332 g/mol. The standard InChI is InChI=1S/C19H25O3P/c1-5-8-15-12-17(20)19(16-10-7-9-14(3)11-16)18(13-15)22-23(4)21-6-2/h7,9-13,20H,5-6,8H2,1-4H3. The maximum atomic E-state index is 10.6. The van der Waals surface area contributed by atoms with E-state index in [-0.39, 0.29) is 5.75 Å². The molecule has 0 amide bonds. The minimum Gasteiger partial charge on any atom is -0.507 e. The summed E-state index contributed by atoms with van der Waals surface area (Å²) in [7, 11) is -1.02. The van der Waals surface area contributed by atoms with Gasteiger partial charge in [0, 0.05) is 6.66 Å². The van der Waals surface area contributed by atoms with E-state index in [0.717, 1.165) is 35.1 Å². The molecule has 0 radical (unpaired) electrons. The number of hydrogen-bond donors (Lipinski definition) is 1. The highest BCUT2D eigenvalue weighted by Gasteiger charge is 2.17. The zero-order valence-corrected chi connectivity index (χ0v) is 15.2. The van der Waals surface area contributed by atoms with Crippen LogP contribution >= 0.6 is 8.38 Å². The topological polar surface area (TPSA) is 38.7 Å². The molecule has 4 heteroatoms. The van der Waals surface area contributed by atoms with E-state index >= 15 is 0 Å². The summed E-state index contributed by atoms with van der Waals surface area (Å²) in [6, 6.07) is 11.9. The number of aryl methyl sites for hydroxylation is 2. The molecule has 0 bridgehead atoms. The molecular formula is C19H25O3P. The molecule has 23 heavy (non-hydrogen) atoms. The fourth-order valence-corrected chi connectivity index (χ4v) is 3.44.